The maximum Gasteiger partial charge on any atom is 0.416 e. The van der Waals surface area contributed by atoms with E-state index in [9.17, 15) is 18.0 Å². The van der Waals surface area contributed by atoms with Gasteiger partial charge in [0, 0.05) is 51.0 Å². The highest BCUT2D eigenvalue weighted by Gasteiger charge is 2.45. The molecule has 0 atom stereocenters. The molecule has 4 heterocycles. The molecule has 1 fully saturated rings. The second kappa shape index (κ2) is 9.04. The van der Waals surface area contributed by atoms with E-state index in [-0.39, 0.29) is 18.0 Å². The van der Waals surface area contributed by atoms with Gasteiger partial charge in [0.1, 0.15) is 5.82 Å². The summed E-state index contributed by atoms with van der Waals surface area (Å²) >= 11 is 0. The van der Waals surface area contributed by atoms with Crippen molar-refractivity contribution in [1.82, 2.24) is 19.3 Å². The molecule has 2 aliphatic heterocycles. The number of nitrogens with one attached hydrogen (secondary N) is 1. The van der Waals surface area contributed by atoms with Crippen molar-refractivity contribution < 1.29 is 27.4 Å². The third kappa shape index (κ3) is 4.09. The van der Waals surface area contributed by atoms with Crippen LogP contribution in [0.1, 0.15) is 46.5 Å². The zero-order chi connectivity index (χ0) is 25.7. The van der Waals surface area contributed by atoms with E-state index in [1.807, 2.05) is 11.3 Å². The highest BCUT2D eigenvalue weighted by molar-refractivity contribution is 5.86. The zero-order valence-electron chi connectivity index (χ0n) is 20.4. The number of methoxy groups -OCH3 is 1. The first kappa shape index (κ1) is 24.5. The van der Waals surface area contributed by atoms with Gasteiger partial charge in [0.25, 0.3) is 5.91 Å². The van der Waals surface area contributed by atoms with Gasteiger partial charge in [-0.1, -0.05) is 12.1 Å². The highest BCUT2D eigenvalue weighted by atomic mass is 19.4. The molecule has 5 rings (SSSR count). The number of fused-ring (bicyclic) bond motifs is 3. The topological polar surface area (TPSA) is 81.0 Å². The maximum absolute atomic E-state index is 13.6. The molecule has 36 heavy (non-hydrogen) atoms. The quantitative estimate of drug-likeness (QED) is 0.567. The van der Waals surface area contributed by atoms with Crippen molar-refractivity contribution in [3.8, 4) is 0 Å². The lowest BCUT2D eigenvalue weighted by Gasteiger charge is -2.37. The summed E-state index contributed by atoms with van der Waals surface area (Å²) in [6.07, 6.45) is -1.75. The Bertz CT molecular complexity index is 1310. The molecule has 1 saturated heterocycles. The highest BCUT2D eigenvalue weighted by Crippen LogP contribution is 2.36. The van der Waals surface area contributed by atoms with Gasteiger partial charge in [-0.15, -0.1) is 0 Å². The van der Waals surface area contributed by atoms with Gasteiger partial charge in [0.15, 0.2) is 5.60 Å². The monoisotopic (exact) mass is 503 g/mol. The number of aromatic nitrogens is 3. The maximum atomic E-state index is 13.6. The predicted octanol–water partition coefficient (Wildman–Crippen LogP) is 4.01. The largest absolute Gasteiger partial charge is 0.416 e. The predicted molar refractivity (Wildman–Crippen MR) is 125 cm³/mol. The van der Waals surface area contributed by atoms with Crippen LogP contribution in [0.5, 0.6) is 0 Å². The molecule has 0 spiro atoms. The molecule has 0 unspecified atom stereocenters. The molecule has 0 bridgehead atoms. The zero-order valence-corrected chi connectivity index (χ0v) is 20.4. The Morgan fingerprint density at radius 3 is 2.67 bits per heavy atom. The number of nitrogens with zero attached hydrogens (tertiary/aromatic N) is 4. The van der Waals surface area contributed by atoms with Gasteiger partial charge in [-0.3, -0.25) is 9.20 Å². The second-order valence-corrected chi connectivity index (χ2v) is 9.33. The standard InChI is InChI=1S/C25H28F3N5O3/c1-15-11-30-23-31-21(29-12-17-5-4-6-19(16(17)2)25(26,27)28)18-13-32(14-20(18)33(15)23)22(34)24(35-3)7-9-36-10-8-24/h4-6,11H,7-10,12-14H2,1-3H3,(H,29,30,31). The third-order valence-corrected chi connectivity index (χ3v) is 7.29. The van der Waals surface area contributed by atoms with E-state index in [4.69, 9.17) is 9.47 Å². The van der Waals surface area contributed by atoms with E-state index in [0.29, 0.717) is 56.3 Å². The summed E-state index contributed by atoms with van der Waals surface area (Å²) in [5.41, 5.74) is 1.69. The van der Waals surface area contributed by atoms with Gasteiger partial charge in [0.05, 0.1) is 30.5 Å². The minimum Gasteiger partial charge on any atom is -0.381 e. The van der Waals surface area contributed by atoms with Crippen LogP contribution in [0.3, 0.4) is 0 Å². The number of alkyl halides is 3. The number of ether oxygens (including phenoxy) is 2. The van der Waals surface area contributed by atoms with Gasteiger partial charge >= 0.3 is 6.18 Å². The number of carbonyl (C=O) groups is 1. The fraction of sp³-hybridized carbons (Fsp3) is 0.480. The van der Waals surface area contributed by atoms with E-state index < -0.39 is 17.3 Å². The number of imidazole rings is 1. The summed E-state index contributed by atoms with van der Waals surface area (Å²) < 4.78 is 53.2. The fourth-order valence-corrected chi connectivity index (χ4v) is 5.18. The SMILES string of the molecule is COC1(C(=O)N2Cc3c(NCc4cccc(C(F)(F)F)c4C)nc4ncc(C)n4c3C2)CCOCC1. The number of hydrogen-bond donors (Lipinski definition) is 1. The van der Waals surface area contributed by atoms with Crippen LogP contribution >= 0.6 is 0 Å². The van der Waals surface area contributed by atoms with E-state index in [1.165, 1.54) is 13.0 Å². The van der Waals surface area contributed by atoms with Crippen LogP contribution in [0, 0.1) is 13.8 Å². The molecule has 0 aliphatic carbocycles. The molecule has 8 nitrogen and oxygen atoms in total. The molecular formula is C25H28F3N5O3. The van der Waals surface area contributed by atoms with E-state index in [2.05, 4.69) is 15.3 Å². The van der Waals surface area contributed by atoms with Gasteiger partial charge in [-0.05, 0) is 31.0 Å². The molecule has 1 amide bonds. The summed E-state index contributed by atoms with van der Waals surface area (Å²) in [5, 5.41) is 3.22. The third-order valence-electron chi connectivity index (χ3n) is 7.29. The van der Waals surface area contributed by atoms with Crippen LogP contribution < -0.4 is 5.32 Å². The van der Waals surface area contributed by atoms with Gasteiger partial charge in [0.2, 0.25) is 5.78 Å². The Morgan fingerprint density at radius 2 is 1.97 bits per heavy atom. The smallest absolute Gasteiger partial charge is 0.381 e. The fourth-order valence-electron chi connectivity index (χ4n) is 5.18. The van der Waals surface area contributed by atoms with Gasteiger partial charge < -0.3 is 19.7 Å². The molecule has 0 saturated carbocycles. The Kier molecular flexibility index (Phi) is 6.16. The van der Waals surface area contributed by atoms with Crippen molar-refractivity contribution in [2.45, 2.75) is 58.1 Å². The van der Waals surface area contributed by atoms with Crippen molar-refractivity contribution in [2.75, 3.05) is 25.6 Å². The summed E-state index contributed by atoms with van der Waals surface area (Å²) in [6.45, 7) is 5.11. The number of amides is 1. The Hall–Kier alpha value is -3.18. The van der Waals surface area contributed by atoms with Crippen molar-refractivity contribution in [3.63, 3.8) is 0 Å². The second-order valence-electron chi connectivity index (χ2n) is 9.33. The molecule has 192 valence electrons. The number of rotatable bonds is 5. The average molecular weight is 504 g/mol. The summed E-state index contributed by atoms with van der Waals surface area (Å²) in [5.74, 6) is 0.875. The molecule has 1 aromatic carbocycles. The number of halogens is 3. The lowest BCUT2D eigenvalue weighted by atomic mass is 9.92. The van der Waals surface area contributed by atoms with E-state index in [1.54, 1.807) is 24.3 Å². The van der Waals surface area contributed by atoms with Crippen molar-refractivity contribution >= 4 is 17.5 Å². The van der Waals surface area contributed by atoms with Crippen LogP contribution in [0.15, 0.2) is 24.4 Å². The lowest BCUT2D eigenvalue weighted by molar-refractivity contribution is -0.167. The number of carbonyl (C=O) groups excluding carboxylic acids is 1. The van der Waals surface area contributed by atoms with E-state index in [0.717, 1.165) is 23.0 Å². The summed E-state index contributed by atoms with van der Waals surface area (Å²) in [7, 11) is 1.55. The number of hydrogen-bond acceptors (Lipinski definition) is 6. The Morgan fingerprint density at radius 1 is 1.22 bits per heavy atom. The first-order valence-electron chi connectivity index (χ1n) is 11.8. The van der Waals surface area contributed by atoms with Crippen molar-refractivity contribution in [1.29, 1.82) is 0 Å². The normalized spacial score (nSPS) is 17.4. The number of aryl methyl sites for hydroxylation is 1. The summed E-state index contributed by atoms with van der Waals surface area (Å²) in [4.78, 5) is 24.4. The first-order valence-corrected chi connectivity index (χ1v) is 11.8. The van der Waals surface area contributed by atoms with Crippen LogP contribution in [-0.2, 0) is 40.1 Å². The molecule has 3 aromatic rings. The molecular weight excluding hydrogens is 475 g/mol. The van der Waals surface area contributed by atoms with Gasteiger partial charge in [-0.2, -0.15) is 18.2 Å². The van der Waals surface area contributed by atoms with Crippen LogP contribution in [0.4, 0.5) is 19.0 Å². The molecule has 2 aliphatic rings. The molecule has 11 heteroatoms. The molecule has 2 aromatic heterocycles. The van der Waals surface area contributed by atoms with Crippen molar-refractivity contribution in [3.05, 3.63) is 58.0 Å². The number of benzene rings is 1. The molecule has 1 N–H and O–H groups in total. The van der Waals surface area contributed by atoms with Crippen LogP contribution in [-0.4, -0.2) is 51.1 Å². The minimum absolute atomic E-state index is 0.102. The number of anilines is 1. The average Bonchev–Trinajstić information content (AvgIpc) is 3.46. The summed E-state index contributed by atoms with van der Waals surface area (Å²) in [6, 6.07) is 4.16. The Balaban J connectivity index is 1.47. The van der Waals surface area contributed by atoms with Crippen molar-refractivity contribution in [2.24, 2.45) is 0 Å². The van der Waals surface area contributed by atoms with Crippen LogP contribution in [0.25, 0.3) is 5.78 Å². The van der Waals surface area contributed by atoms with Crippen LogP contribution in [0.2, 0.25) is 0 Å². The molecule has 0 radical (unpaired) electrons. The minimum atomic E-state index is -4.42. The lowest BCUT2D eigenvalue weighted by Crippen LogP contribution is -2.51. The Labute approximate surface area is 206 Å². The van der Waals surface area contributed by atoms with E-state index >= 15 is 0 Å². The van der Waals surface area contributed by atoms with Gasteiger partial charge in [-0.25, -0.2) is 4.98 Å². The first-order chi connectivity index (χ1) is 17.1.